The number of hydrogen-bond donors (Lipinski definition) is 1. The number of tetrazole rings is 1. The second kappa shape index (κ2) is 8.47. The average molecular weight is 443 g/mol. The van der Waals surface area contributed by atoms with Gasteiger partial charge in [0.05, 0.1) is 12.1 Å². The van der Waals surface area contributed by atoms with Gasteiger partial charge in [0.2, 0.25) is 5.82 Å². The largest absolute Gasteiger partial charge is 0.291 e. The standard InChI is InChI=1S/C24H22N6OS/c1-3-6-21-25-20-13-15(2)32-22(20)24(31)30(21)14-16-9-11-17(12-10-16)18-7-4-5-8-19(18)23-26-28-29-27-23/h4-5,7-13H,3,6,14H2,1-2H3,(H,26,27,28,29). The number of benzene rings is 2. The molecule has 0 aliphatic rings. The highest BCUT2D eigenvalue weighted by molar-refractivity contribution is 7.18. The molecule has 3 aromatic heterocycles. The number of hydrogen-bond acceptors (Lipinski definition) is 6. The van der Waals surface area contributed by atoms with Gasteiger partial charge in [-0.15, -0.1) is 21.5 Å². The van der Waals surface area contributed by atoms with Gasteiger partial charge in [-0.2, -0.15) is 5.21 Å². The van der Waals surface area contributed by atoms with Gasteiger partial charge in [0.1, 0.15) is 10.5 Å². The third-order valence-electron chi connectivity index (χ3n) is 5.43. The van der Waals surface area contributed by atoms with Crippen molar-refractivity contribution in [3.63, 3.8) is 0 Å². The number of rotatable bonds is 6. The number of nitrogens with zero attached hydrogens (tertiary/aromatic N) is 5. The Morgan fingerprint density at radius 1 is 1.06 bits per heavy atom. The molecule has 32 heavy (non-hydrogen) atoms. The third kappa shape index (κ3) is 3.73. The first kappa shape index (κ1) is 20.3. The first-order valence-electron chi connectivity index (χ1n) is 10.6. The van der Waals surface area contributed by atoms with Crippen molar-refractivity contribution in [1.29, 1.82) is 0 Å². The Bertz CT molecular complexity index is 1430. The van der Waals surface area contributed by atoms with Crippen LogP contribution in [0.1, 0.15) is 29.6 Å². The van der Waals surface area contributed by atoms with Crippen molar-refractivity contribution >= 4 is 21.6 Å². The smallest absolute Gasteiger partial charge is 0.271 e. The summed E-state index contributed by atoms with van der Waals surface area (Å²) in [6.45, 7) is 4.62. The van der Waals surface area contributed by atoms with Gasteiger partial charge >= 0.3 is 0 Å². The predicted molar refractivity (Wildman–Crippen MR) is 127 cm³/mol. The summed E-state index contributed by atoms with van der Waals surface area (Å²) in [5.41, 5.74) is 4.91. The van der Waals surface area contributed by atoms with Crippen molar-refractivity contribution in [2.24, 2.45) is 0 Å². The summed E-state index contributed by atoms with van der Waals surface area (Å²) in [6.07, 6.45) is 1.71. The first-order chi connectivity index (χ1) is 15.6. The number of aryl methyl sites for hydroxylation is 2. The topological polar surface area (TPSA) is 89.4 Å². The van der Waals surface area contributed by atoms with Gasteiger partial charge in [-0.1, -0.05) is 55.5 Å². The second-order valence-electron chi connectivity index (χ2n) is 7.72. The van der Waals surface area contributed by atoms with Crippen LogP contribution in [-0.2, 0) is 13.0 Å². The molecule has 0 unspecified atom stereocenters. The molecule has 0 amide bonds. The van der Waals surface area contributed by atoms with E-state index in [9.17, 15) is 4.79 Å². The van der Waals surface area contributed by atoms with Crippen LogP contribution in [0.15, 0.2) is 59.4 Å². The minimum atomic E-state index is 0.0445. The van der Waals surface area contributed by atoms with Crippen molar-refractivity contribution in [2.75, 3.05) is 0 Å². The van der Waals surface area contributed by atoms with E-state index in [2.05, 4.69) is 51.8 Å². The van der Waals surface area contributed by atoms with Crippen molar-refractivity contribution in [2.45, 2.75) is 33.2 Å². The molecule has 0 fully saturated rings. The van der Waals surface area contributed by atoms with E-state index in [-0.39, 0.29) is 5.56 Å². The van der Waals surface area contributed by atoms with Crippen molar-refractivity contribution in [3.8, 4) is 22.5 Å². The van der Waals surface area contributed by atoms with Gasteiger partial charge in [-0.3, -0.25) is 9.36 Å². The summed E-state index contributed by atoms with van der Waals surface area (Å²) in [5.74, 6) is 1.40. The van der Waals surface area contributed by atoms with Crippen LogP contribution in [0.25, 0.3) is 32.7 Å². The van der Waals surface area contributed by atoms with Crippen LogP contribution in [0.3, 0.4) is 0 Å². The second-order valence-corrected chi connectivity index (χ2v) is 8.97. The van der Waals surface area contributed by atoms with Crippen molar-refractivity contribution < 1.29 is 0 Å². The highest BCUT2D eigenvalue weighted by Gasteiger charge is 2.14. The summed E-state index contributed by atoms with van der Waals surface area (Å²) < 4.78 is 2.55. The molecule has 0 aliphatic heterocycles. The maximum absolute atomic E-state index is 13.2. The highest BCUT2D eigenvalue weighted by Crippen LogP contribution is 2.30. The Labute approximate surface area is 188 Å². The van der Waals surface area contributed by atoms with Gasteiger partial charge in [0, 0.05) is 16.9 Å². The quantitative estimate of drug-likeness (QED) is 0.415. The number of H-pyrrole nitrogens is 1. The average Bonchev–Trinajstić information content (AvgIpc) is 3.47. The molecule has 8 heteroatoms. The predicted octanol–water partition coefficient (Wildman–Crippen LogP) is 4.61. The van der Waals surface area contributed by atoms with Gasteiger partial charge < -0.3 is 0 Å². The van der Waals surface area contributed by atoms with Crippen LogP contribution in [-0.4, -0.2) is 30.2 Å². The molecule has 0 spiro atoms. The summed E-state index contributed by atoms with van der Waals surface area (Å²) in [7, 11) is 0. The third-order valence-corrected chi connectivity index (χ3v) is 6.46. The van der Waals surface area contributed by atoms with E-state index < -0.39 is 0 Å². The Hall–Kier alpha value is -3.65. The Morgan fingerprint density at radius 3 is 2.56 bits per heavy atom. The Kier molecular flexibility index (Phi) is 5.36. The minimum absolute atomic E-state index is 0.0445. The van der Waals surface area contributed by atoms with E-state index in [4.69, 9.17) is 4.98 Å². The molecular formula is C24H22N6OS. The van der Waals surface area contributed by atoms with Crippen LogP contribution in [0.4, 0.5) is 0 Å². The lowest BCUT2D eigenvalue weighted by molar-refractivity contribution is 0.666. The zero-order valence-electron chi connectivity index (χ0n) is 17.9. The zero-order chi connectivity index (χ0) is 22.1. The van der Waals surface area contributed by atoms with Crippen molar-refractivity contribution in [1.82, 2.24) is 30.2 Å². The highest BCUT2D eigenvalue weighted by atomic mass is 32.1. The molecule has 160 valence electrons. The van der Waals surface area contributed by atoms with Gasteiger partial charge in [-0.25, -0.2) is 4.98 Å². The molecule has 5 aromatic rings. The molecular weight excluding hydrogens is 420 g/mol. The molecule has 0 aliphatic carbocycles. The molecule has 0 saturated heterocycles. The van der Waals surface area contributed by atoms with E-state index in [1.54, 1.807) is 0 Å². The van der Waals surface area contributed by atoms with Crippen LogP contribution >= 0.6 is 11.3 Å². The van der Waals surface area contributed by atoms with Crippen LogP contribution in [0, 0.1) is 6.92 Å². The summed E-state index contributed by atoms with van der Waals surface area (Å²) in [6, 6.07) is 18.2. The summed E-state index contributed by atoms with van der Waals surface area (Å²) in [4.78, 5) is 19.1. The normalized spacial score (nSPS) is 11.3. The molecule has 2 aromatic carbocycles. The van der Waals surface area contributed by atoms with E-state index in [1.165, 1.54) is 11.3 Å². The van der Waals surface area contributed by atoms with Crippen molar-refractivity contribution in [3.05, 3.63) is 81.2 Å². The molecule has 7 nitrogen and oxygen atoms in total. The van der Waals surface area contributed by atoms with E-state index in [1.807, 2.05) is 41.8 Å². The number of fused-ring (bicyclic) bond motifs is 1. The first-order valence-corrected chi connectivity index (χ1v) is 11.4. The lowest BCUT2D eigenvalue weighted by atomic mass is 9.98. The Balaban J connectivity index is 1.50. The van der Waals surface area contributed by atoms with E-state index in [0.717, 1.165) is 56.0 Å². The summed E-state index contributed by atoms with van der Waals surface area (Å²) >= 11 is 1.51. The molecule has 0 saturated carbocycles. The lowest BCUT2D eigenvalue weighted by Crippen LogP contribution is -2.25. The monoisotopic (exact) mass is 442 g/mol. The number of thiophene rings is 1. The molecule has 0 radical (unpaired) electrons. The van der Waals surface area contributed by atoms with Gasteiger partial charge in [0.25, 0.3) is 5.56 Å². The fraction of sp³-hybridized carbons (Fsp3) is 0.208. The molecule has 3 heterocycles. The minimum Gasteiger partial charge on any atom is -0.291 e. The number of aromatic amines is 1. The van der Waals surface area contributed by atoms with Gasteiger partial charge in [-0.05, 0) is 41.3 Å². The SMILES string of the molecule is CCCc1nc2cc(C)sc2c(=O)n1Cc1ccc(-c2ccccc2-c2nn[nH]n2)cc1. The molecule has 0 atom stereocenters. The Morgan fingerprint density at radius 2 is 1.84 bits per heavy atom. The van der Waals surface area contributed by atoms with Crippen LogP contribution < -0.4 is 5.56 Å². The van der Waals surface area contributed by atoms with Crippen LogP contribution in [0.5, 0.6) is 0 Å². The maximum atomic E-state index is 13.2. The molecule has 5 rings (SSSR count). The van der Waals surface area contributed by atoms with E-state index >= 15 is 0 Å². The molecule has 0 bridgehead atoms. The lowest BCUT2D eigenvalue weighted by Gasteiger charge is -2.13. The van der Waals surface area contributed by atoms with Crippen LogP contribution in [0.2, 0.25) is 0 Å². The van der Waals surface area contributed by atoms with Gasteiger partial charge in [0.15, 0.2) is 0 Å². The summed E-state index contributed by atoms with van der Waals surface area (Å²) in [5, 5.41) is 14.4. The van der Waals surface area contributed by atoms with E-state index in [0.29, 0.717) is 12.4 Å². The zero-order valence-corrected chi connectivity index (χ0v) is 18.7. The maximum Gasteiger partial charge on any atom is 0.271 e. The number of nitrogens with one attached hydrogen (secondary N) is 1. The number of aromatic nitrogens is 6. The molecule has 1 N–H and O–H groups in total. The fourth-order valence-corrected chi connectivity index (χ4v) is 4.83. The fourth-order valence-electron chi connectivity index (χ4n) is 3.93.